The minimum absolute atomic E-state index is 0.00750. The summed E-state index contributed by atoms with van der Waals surface area (Å²) in [6, 6.07) is 5.59. The zero-order valence-corrected chi connectivity index (χ0v) is 11.8. The number of benzene rings is 1. The zero-order chi connectivity index (χ0) is 13.7. The van der Waals surface area contributed by atoms with Crippen molar-refractivity contribution < 1.29 is 4.79 Å². The molecule has 3 heteroatoms. The Morgan fingerprint density at radius 1 is 1.33 bits per heavy atom. The summed E-state index contributed by atoms with van der Waals surface area (Å²) < 4.78 is 0. The van der Waals surface area contributed by atoms with Gasteiger partial charge in [-0.05, 0) is 43.5 Å². The number of carbonyl (C=O) groups is 1. The lowest BCUT2D eigenvalue weighted by Gasteiger charge is -2.22. The van der Waals surface area contributed by atoms with Crippen LogP contribution in [0.15, 0.2) is 18.2 Å². The number of hydrogen-bond acceptors (Lipinski definition) is 2. The van der Waals surface area contributed by atoms with Crippen molar-refractivity contribution in [3.05, 3.63) is 29.3 Å². The second kappa shape index (κ2) is 6.43. The molecular formula is C15H24N2O. The molecule has 0 aromatic heterocycles. The minimum Gasteiger partial charge on any atom is -0.399 e. The Morgan fingerprint density at radius 3 is 2.44 bits per heavy atom. The van der Waals surface area contributed by atoms with Gasteiger partial charge in [0.25, 0.3) is 5.91 Å². The number of aryl methyl sites for hydroxylation is 1. The van der Waals surface area contributed by atoms with Crippen LogP contribution in [0.4, 0.5) is 5.69 Å². The van der Waals surface area contributed by atoms with Gasteiger partial charge in [-0.2, -0.15) is 0 Å². The van der Waals surface area contributed by atoms with Gasteiger partial charge in [-0.1, -0.05) is 26.7 Å². The number of hydrogen-bond donors (Lipinski definition) is 2. The van der Waals surface area contributed by atoms with Gasteiger partial charge in [0.05, 0.1) is 0 Å². The van der Waals surface area contributed by atoms with Gasteiger partial charge in [0, 0.05) is 17.3 Å². The molecule has 1 aromatic carbocycles. The van der Waals surface area contributed by atoms with E-state index in [1.807, 2.05) is 13.0 Å². The van der Waals surface area contributed by atoms with E-state index in [9.17, 15) is 4.79 Å². The predicted molar refractivity (Wildman–Crippen MR) is 76.6 cm³/mol. The van der Waals surface area contributed by atoms with E-state index in [0.717, 1.165) is 18.4 Å². The molecule has 0 saturated heterocycles. The fourth-order valence-corrected chi connectivity index (χ4v) is 2.34. The van der Waals surface area contributed by atoms with Crippen LogP contribution in [0.25, 0.3) is 0 Å². The molecule has 1 rings (SSSR count). The lowest BCUT2D eigenvalue weighted by Crippen LogP contribution is -2.38. The van der Waals surface area contributed by atoms with Gasteiger partial charge in [0.1, 0.15) is 0 Å². The molecule has 0 bridgehead atoms. The van der Waals surface area contributed by atoms with Crippen molar-refractivity contribution in [3.8, 4) is 0 Å². The Bertz CT molecular complexity index is 411. The Labute approximate surface area is 110 Å². The van der Waals surface area contributed by atoms with Crippen LogP contribution in [0.1, 0.15) is 49.5 Å². The third-order valence-corrected chi connectivity index (χ3v) is 3.61. The fourth-order valence-electron chi connectivity index (χ4n) is 2.34. The van der Waals surface area contributed by atoms with E-state index in [1.54, 1.807) is 12.1 Å². The first kappa shape index (κ1) is 14.6. The van der Waals surface area contributed by atoms with Crippen LogP contribution in [0.5, 0.6) is 0 Å². The third-order valence-electron chi connectivity index (χ3n) is 3.61. The van der Waals surface area contributed by atoms with Crippen molar-refractivity contribution in [2.75, 3.05) is 5.73 Å². The molecule has 3 nitrogen and oxygen atoms in total. The molecule has 0 aliphatic heterocycles. The number of nitrogen functional groups attached to an aromatic ring is 1. The molecule has 0 aliphatic carbocycles. The molecule has 0 spiro atoms. The first-order valence-corrected chi connectivity index (χ1v) is 6.66. The van der Waals surface area contributed by atoms with Crippen LogP contribution in [-0.4, -0.2) is 11.9 Å². The quantitative estimate of drug-likeness (QED) is 0.787. The summed E-state index contributed by atoms with van der Waals surface area (Å²) in [5, 5.41) is 3.08. The van der Waals surface area contributed by atoms with Gasteiger partial charge < -0.3 is 11.1 Å². The average molecular weight is 248 g/mol. The molecule has 0 aliphatic rings. The fraction of sp³-hybridized carbons (Fsp3) is 0.533. The monoisotopic (exact) mass is 248 g/mol. The van der Waals surface area contributed by atoms with E-state index in [2.05, 4.69) is 26.1 Å². The minimum atomic E-state index is -0.00750. The van der Waals surface area contributed by atoms with Gasteiger partial charge >= 0.3 is 0 Å². The molecule has 0 fully saturated rings. The molecule has 0 saturated carbocycles. The molecule has 0 radical (unpaired) electrons. The van der Waals surface area contributed by atoms with Crippen LogP contribution >= 0.6 is 0 Å². The SMILES string of the molecule is CCC(CC)C(C)NC(=O)c1ccc(N)cc1C. The smallest absolute Gasteiger partial charge is 0.251 e. The lowest BCUT2D eigenvalue weighted by molar-refractivity contribution is 0.0924. The number of carbonyl (C=O) groups excluding carboxylic acids is 1. The van der Waals surface area contributed by atoms with E-state index in [4.69, 9.17) is 5.73 Å². The summed E-state index contributed by atoms with van der Waals surface area (Å²) in [6.07, 6.45) is 2.16. The molecule has 1 amide bonds. The summed E-state index contributed by atoms with van der Waals surface area (Å²) in [4.78, 5) is 12.2. The Morgan fingerprint density at radius 2 is 1.94 bits per heavy atom. The van der Waals surface area contributed by atoms with Crippen LogP contribution < -0.4 is 11.1 Å². The number of rotatable bonds is 5. The van der Waals surface area contributed by atoms with E-state index >= 15 is 0 Å². The second-order valence-electron chi connectivity index (χ2n) is 4.91. The summed E-state index contributed by atoms with van der Waals surface area (Å²) in [7, 11) is 0. The van der Waals surface area contributed by atoms with Crippen molar-refractivity contribution in [2.24, 2.45) is 5.92 Å². The maximum absolute atomic E-state index is 12.2. The Hall–Kier alpha value is -1.51. The molecule has 0 heterocycles. The molecule has 3 N–H and O–H groups in total. The topological polar surface area (TPSA) is 55.1 Å². The predicted octanol–water partition coefficient (Wildman–Crippen LogP) is 3.13. The summed E-state index contributed by atoms with van der Waals surface area (Å²) in [5.41, 5.74) is 8.01. The van der Waals surface area contributed by atoms with Gasteiger partial charge in [0.2, 0.25) is 0 Å². The maximum Gasteiger partial charge on any atom is 0.251 e. The zero-order valence-electron chi connectivity index (χ0n) is 11.8. The second-order valence-corrected chi connectivity index (χ2v) is 4.91. The highest BCUT2D eigenvalue weighted by Gasteiger charge is 2.17. The van der Waals surface area contributed by atoms with Gasteiger partial charge in [-0.15, -0.1) is 0 Å². The number of amides is 1. The maximum atomic E-state index is 12.2. The Balaban J connectivity index is 2.76. The third kappa shape index (κ3) is 3.49. The van der Waals surface area contributed by atoms with E-state index < -0.39 is 0 Å². The highest BCUT2D eigenvalue weighted by molar-refractivity contribution is 5.96. The van der Waals surface area contributed by atoms with Crippen LogP contribution in [-0.2, 0) is 0 Å². The van der Waals surface area contributed by atoms with E-state index in [1.165, 1.54) is 0 Å². The van der Waals surface area contributed by atoms with Crippen LogP contribution in [0.2, 0.25) is 0 Å². The van der Waals surface area contributed by atoms with Crippen molar-refractivity contribution in [1.29, 1.82) is 0 Å². The molecular weight excluding hydrogens is 224 g/mol. The highest BCUT2D eigenvalue weighted by Crippen LogP contribution is 2.16. The van der Waals surface area contributed by atoms with Gasteiger partial charge in [-0.3, -0.25) is 4.79 Å². The van der Waals surface area contributed by atoms with Gasteiger partial charge in [-0.25, -0.2) is 0 Å². The van der Waals surface area contributed by atoms with E-state index in [-0.39, 0.29) is 11.9 Å². The van der Waals surface area contributed by atoms with E-state index in [0.29, 0.717) is 17.2 Å². The summed E-state index contributed by atoms with van der Waals surface area (Å²) >= 11 is 0. The summed E-state index contributed by atoms with van der Waals surface area (Å²) in [6.45, 7) is 8.30. The lowest BCUT2D eigenvalue weighted by atomic mass is 9.95. The van der Waals surface area contributed by atoms with Crippen molar-refractivity contribution in [3.63, 3.8) is 0 Å². The largest absolute Gasteiger partial charge is 0.399 e. The standard InChI is InChI=1S/C15H24N2O/c1-5-12(6-2)11(4)17-15(18)14-8-7-13(16)9-10(14)3/h7-9,11-12H,5-6,16H2,1-4H3,(H,17,18). The number of nitrogens with one attached hydrogen (secondary N) is 1. The molecule has 1 unspecified atom stereocenters. The highest BCUT2D eigenvalue weighted by atomic mass is 16.1. The first-order valence-electron chi connectivity index (χ1n) is 6.66. The Kier molecular flexibility index (Phi) is 5.20. The molecule has 18 heavy (non-hydrogen) atoms. The van der Waals surface area contributed by atoms with Crippen molar-refractivity contribution >= 4 is 11.6 Å². The van der Waals surface area contributed by atoms with Gasteiger partial charge in [0.15, 0.2) is 0 Å². The van der Waals surface area contributed by atoms with Crippen LogP contribution in [0, 0.1) is 12.8 Å². The normalized spacial score (nSPS) is 12.5. The molecule has 1 atom stereocenters. The molecule has 100 valence electrons. The first-order chi connectivity index (χ1) is 8.49. The molecule has 1 aromatic rings. The number of anilines is 1. The summed E-state index contributed by atoms with van der Waals surface area (Å²) in [5.74, 6) is 0.523. The van der Waals surface area contributed by atoms with Crippen molar-refractivity contribution in [1.82, 2.24) is 5.32 Å². The average Bonchev–Trinajstić information content (AvgIpc) is 2.30. The number of nitrogens with two attached hydrogens (primary N) is 1. The van der Waals surface area contributed by atoms with Crippen molar-refractivity contribution in [2.45, 2.75) is 46.6 Å². The van der Waals surface area contributed by atoms with Crippen LogP contribution in [0.3, 0.4) is 0 Å².